The first-order valence-corrected chi connectivity index (χ1v) is 9.59. The summed E-state index contributed by atoms with van der Waals surface area (Å²) in [4.78, 5) is 26.8. The van der Waals surface area contributed by atoms with Gasteiger partial charge in [-0.25, -0.2) is 9.18 Å². The normalized spacial score (nSPS) is 28.6. The minimum Gasteiger partial charge on any atom is -0.442 e. The molecule has 1 aromatic rings. The SMILES string of the molecule is CC(=O)NC[C@H]1CN(c2ccc(C3[C@H]4CN(CCC#N)C[C@@H]34)c(F)c2)C(=O)O1. The van der Waals surface area contributed by atoms with Crippen LogP contribution in [0.1, 0.15) is 24.8 Å². The maximum absolute atomic E-state index is 14.8. The number of anilines is 1. The molecule has 1 saturated carbocycles. The summed E-state index contributed by atoms with van der Waals surface area (Å²) in [6, 6.07) is 7.11. The van der Waals surface area contributed by atoms with Gasteiger partial charge in [-0.3, -0.25) is 9.69 Å². The fourth-order valence-electron chi connectivity index (χ4n) is 4.52. The van der Waals surface area contributed by atoms with Crippen LogP contribution in [0.4, 0.5) is 14.9 Å². The molecule has 7 nitrogen and oxygen atoms in total. The number of cyclic esters (lactones) is 1. The van der Waals surface area contributed by atoms with Gasteiger partial charge in [0.05, 0.1) is 24.8 Å². The van der Waals surface area contributed by atoms with Crippen molar-refractivity contribution >= 4 is 17.7 Å². The number of carbonyl (C=O) groups is 2. The van der Waals surface area contributed by atoms with Gasteiger partial charge < -0.3 is 15.0 Å². The number of hydrogen-bond donors (Lipinski definition) is 1. The molecule has 4 rings (SSSR count). The second kappa shape index (κ2) is 7.40. The second-order valence-electron chi connectivity index (χ2n) is 7.78. The number of nitriles is 1. The van der Waals surface area contributed by atoms with Gasteiger partial charge in [-0.05, 0) is 35.4 Å². The summed E-state index contributed by atoms with van der Waals surface area (Å²) < 4.78 is 20.0. The third-order valence-electron chi connectivity index (χ3n) is 5.92. The molecule has 0 spiro atoms. The molecule has 1 aliphatic carbocycles. The Hall–Kier alpha value is -2.66. The number of hydrogen-bond acceptors (Lipinski definition) is 5. The van der Waals surface area contributed by atoms with Gasteiger partial charge >= 0.3 is 6.09 Å². The zero-order valence-electron chi connectivity index (χ0n) is 15.7. The van der Waals surface area contributed by atoms with Gasteiger partial charge in [-0.1, -0.05) is 6.07 Å². The van der Waals surface area contributed by atoms with E-state index in [9.17, 15) is 14.0 Å². The average Bonchev–Trinajstić information content (AvgIpc) is 3.00. The Balaban J connectivity index is 1.38. The molecule has 1 aromatic carbocycles. The zero-order valence-corrected chi connectivity index (χ0v) is 15.7. The topological polar surface area (TPSA) is 85.7 Å². The number of fused-ring (bicyclic) bond motifs is 1. The molecule has 0 radical (unpaired) electrons. The van der Waals surface area contributed by atoms with E-state index >= 15 is 0 Å². The molecule has 2 heterocycles. The third kappa shape index (κ3) is 3.54. The Morgan fingerprint density at radius 3 is 2.75 bits per heavy atom. The second-order valence-corrected chi connectivity index (χ2v) is 7.78. The Morgan fingerprint density at radius 2 is 2.11 bits per heavy atom. The minimum atomic E-state index is -0.529. The fourth-order valence-corrected chi connectivity index (χ4v) is 4.52. The number of likely N-dealkylation sites (tertiary alicyclic amines) is 1. The number of nitrogens with zero attached hydrogens (tertiary/aromatic N) is 3. The van der Waals surface area contributed by atoms with Crippen molar-refractivity contribution in [2.45, 2.75) is 25.4 Å². The predicted octanol–water partition coefficient (Wildman–Crippen LogP) is 1.85. The lowest BCUT2D eigenvalue weighted by Crippen LogP contribution is -2.33. The molecule has 0 aromatic heterocycles. The van der Waals surface area contributed by atoms with Crippen molar-refractivity contribution in [3.05, 3.63) is 29.6 Å². The predicted molar refractivity (Wildman–Crippen MR) is 99.1 cm³/mol. The van der Waals surface area contributed by atoms with Gasteiger partial charge in [-0.2, -0.15) is 5.26 Å². The van der Waals surface area contributed by atoms with Gasteiger partial charge in [0.25, 0.3) is 0 Å². The van der Waals surface area contributed by atoms with Crippen molar-refractivity contribution in [1.82, 2.24) is 10.2 Å². The molecule has 2 saturated heterocycles. The zero-order chi connectivity index (χ0) is 19.8. The highest BCUT2D eigenvalue weighted by Crippen LogP contribution is 2.58. The molecule has 8 heteroatoms. The van der Waals surface area contributed by atoms with Gasteiger partial charge in [0, 0.05) is 33.0 Å². The number of amides is 2. The smallest absolute Gasteiger partial charge is 0.414 e. The van der Waals surface area contributed by atoms with Crippen LogP contribution in [0.15, 0.2) is 18.2 Å². The number of piperidine rings is 1. The molecule has 2 amide bonds. The van der Waals surface area contributed by atoms with Crippen LogP contribution in [0.3, 0.4) is 0 Å². The lowest BCUT2D eigenvalue weighted by molar-refractivity contribution is -0.119. The molecule has 28 heavy (non-hydrogen) atoms. The number of halogens is 1. The van der Waals surface area contributed by atoms with E-state index in [1.165, 1.54) is 17.9 Å². The van der Waals surface area contributed by atoms with Crippen LogP contribution in [-0.2, 0) is 9.53 Å². The lowest BCUT2D eigenvalue weighted by Gasteiger charge is -2.19. The van der Waals surface area contributed by atoms with Gasteiger partial charge in [0.15, 0.2) is 0 Å². The van der Waals surface area contributed by atoms with Gasteiger partial charge in [-0.15, -0.1) is 0 Å². The van der Waals surface area contributed by atoms with Crippen molar-refractivity contribution in [1.29, 1.82) is 5.26 Å². The number of nitrogens with one attached hydrogen (secondary N) is 1. The van der Waals surface area contributed by atoms with Crippen LogP contribution >= 0.6 is 0 Å². The van der Waals surface area contributed by atoms with Crippen LogP contribution in [0, 0.1) is 29.0 Å². The van der Waals surface area contributed by atoms with E-state index in [0.29, 0.717) is 29.5 Å². The average molecular weight is 386 g/mol. The molecule has 0 bridgehead atoms. The summed E-state index contributed by atoms with van der Waals surface area (Å²) in [5.41, 5.74) is 1.18. The summed E-state index contributed by atoms with van der Waals surface area (Å²) in [6.45, 7) is 4.54. The van der Waals surface area contributed by atoms with Crippen LogP contribution in [0.5, 0.6) is 0 Å². The van der Waals surface area contributed by atoms with Crippen LogP contribution < -0.4 is 10.2 Å². The molecule has 1 N–H and O–H groups in total. The van der Waals surface area contributed by atoms with E-state index in [4.69, 9.17) is 10.00 Å². The Kier molecular flexibility index (Phi) is 4.94. The number of benzene rings is 1. The van der Waals surface area contributed by atoms with E-state index in [0.717, 1.165) is 19.6 Å². The van der Waals surface area contributed by atoms with Crippen LogP contribution in [0.2, 0.25) is 0 Å². The monoisotopic (exact) mass is 386 g/mol. The molecular formula is C20H23FN4O3. The maximum Gasteiger partial charge on any atom is 0.414 e. The van der Waals surface area contributed by atoms with Gasteiger partial charge in [0.2, 0.25) is 5.91 Å². The van der Waals surface area contributed by atoms with Crippen LogP contribution in [-0.4, -0.2) is 55.7 Å². The minimum absolute atomic E-state index is 0.189. The Morgan fingerprint density at radius 1 is 1.36 bits per heavy atom. The van der Waals surface area contributed by atoms with E-state index in [2.05, 4.69) is 16.3 Å². The summed E-state index contributed by atoms with van der Waals surface area (Å²) in [7, 11) is 0. The molecule has 3 aliphatic rings. The summed E-state index contributed by atoms with van der Waals surface area (Å²) in [5, 5.41) is 11.3. The molecule has 1 unspecified atom stereocenters. The number of rotatable bonds is 6. The summed E-state index contributed by atoms with van der Waals surface area (Å²) >= 11 is 0. The Bertz CT molecular complexity index is 827. The fraction of sp³-hybridized carbons (Fsp3) is 0.550. The highest BCUT2D eigenvalue weighted by molar-refractivity contribution is 5.89. The number of ether oxygens (including phenoxy) is 1. The molecule has 3 fully saturated rings. The molecule has 148 valence electrons. The Labute approximate surface area is 163 Å². The van der Waals surface area contributed by atoms with Crippen molar-refractivity contribution in [2.75, 3.05) is 37.6 Å². The van der Waals surface area contributed by atoms with E-state index < -0.39 is 12.2 Å². The van der Waals surface area contributed by atoms with Crippen molar-refractivity contribution in [3.8, 4) is 6.07 Å². The van der Waals surface area contributed by atoms with Crippen molar-refractivity contribution < 1.29 is 18.7 Å². The third-order valence-corrected chi connectivity index (χ3v) is 5.92. The number of carbonyl (C=O) groups excluding carboxylic acids is 2. The highest BCUT2D eigenvalue weighted by atomic mass is 19.1. The first-order chi connectivity index (χ1) is 13.5. The largest absolute Gasteiger partial charge is 0.442 e. The summed E-state index contributed by atoms with van der Waals surface area (Å²) in [5.74, 6) is 0.658. The van der Waals surface area contributed by atoms with Crippen LogP contribution in [0.25, 0.3) is 0 Å². The van der Waals surface area contributed by atoms with Gasteiger partial charge in [0.1, 0.15) is 11.9 Å². The van der Waals surface area contributed by atoms with Crippen molar-refractivity contribution in [3.63, 3.8) is 0 Å². The highest BCUT2D eigenvalue weighted by Gasteiger charge is 2.56. The standard InChI is InChI=1S/C20H23FN4O3/c1-12(26)23-8-14-9-25(20(27)28-14)13-3-4-15(18(21)7-13)19-16-10-24(6-2-5-22)11-17(16)19/h3-4,7,14,16-17,19H,2,6,8-11H2,1H3,(H,23,26)/t14-,16-,17+,19?/m0/s1. The quantitative estimate of drug-likeness (QED) is 0.806. The van der Waals surface area contributed by atoms with E-state index in [-0.39, 0.29) is 30.7 Å². The lowest BCUT2D eigenvalue weighted by atomic mass is 10.0. The molecule has 2 aliphatic heterocycles. The first-order valence-electron chi connectivity index (χ1n) is 9.59. The van der Waals surface area contributed by atoms with Crippen molar-refractivity contribution in [2.24, 2.45) is 11.8 Å². The molecular weight excluding hydrogens is 363 g/mol. The maximum atomic E-state index is 14.8. The summed E-state index contributed by atoms with van der Waals surface area (Å²) in [6.07, 6.45) is -0.442. The molecule has 4 atom stereocenters. The first kappa shape index (κ1) is 18.7. The van der Waals surface area contributed by atoms with E-state index in [1.54, 1.807) is 12.1 Å². The van der Waals surface area contributed by atoms with E-state index in [1.807, 2.05) is 0 Å².